The van der Waals surface area contributed by atoms with E-state index in [0.29, 0.717) is 0 Å². The van der Waals surface area contributed by atoms with Crippen molar-refractivity contribution in [1.29, 1.82) is 0 Å². The van der Waals surface area contributed by atoms with Gasteiger partial charge in [0.1, 0.15) is 0 Å². The zero-order valence-electron chi connectivity index (χ0n) is 16.3. The lowest BCUT2D eigenvalue weighted by atomic mass is 9.86. The highest BCUT2D eigenvalue weighted by Gasteiger charge is 2.16. The molecule has 0 saturated carbocycles. The van der Waals surface area contributed by atoms with Crippen molar-refractivity contribution in [1.82, 2.24) is 9.38 Å². The van der Waals surface area contributed by atoms with E-state index in [9.17, 15) is 0 Å². The Labute approximate surface area is 155 Å². The van der Waals surface area contributed by atoms with Gasteiger partial charge in [-0.3, -0.25) is 4.98 Å². The third kappa shape index (κ3) is 3.01. The van der Waals surface area contributed by atoms with Crippen molar-refractivity contribution in [3.05, 3.63) is 71.7 Å². The number of nitrogens with zero attached hydrogens (tertiary/aromatic N) is 2. The Morgan fingerprint density at radius 1 is 1.00 bits per heavy atom. The Balaban J connectivity index is 1.96. The summed E-state index contributed by atoms with van der Waals surface area (Å²) in [6, 6.07) is 13.2. The first-order valence-electron chi connectivity index (χ1n) is 9.28. The molecule has 0 aliphatic heterocycles. The fraction of sp³-hybridized carbons (Fsp3) is 0.292. The van der Waals surface area contributed by atoms with Crippen LogP contribution in [0.3, 0.4) is 0 Å². The first-order chi connectivity index (χ1) is 12.3. The number of hydrogen-bond acceptors (Lipinski definition) is 1. The predicted molar refractivity (Wildman–Crippen MR) is 111 cm³/mol. The number of fused-ring (bicyclic) bond motifs is 2. The maximum atomic E-state index is 4.81. The molecule has 0 radical (unpaired) electrons. The van der Waals surface area contributed by atoms with Gasteiger partial charge in [-0.2, -0.15) is 0 Å². The van der Waals surface area contributed by atoms with Gasteiger partial charge in [-0.25, -0.2) is 0 Å². The Bertz CT molecular complexity index is 1110. The predicted octanol–water partition coefficient (Wildman–Crippen LogP) is 6.36. The van der Waals surface area contributed by atoms with Gasteiger partial charge in [0.25, 0.3) is 0 Å². The molecule has 0 unspecified atom stereocenters. The molecule has 4 aromatic rings. The standard InChI is InChI=1S/C24H26N2/c1-16-8-9-18-15-26-10-6-7-20(26)12-21(18)23(16)22-11-19(13-24(3,4)5)17(2)14-25-22/h6-12,14-15H,13H2,1-5H3. The minimum atomic E-state index is 0.259. The van der Waals surface area contributed by atoms with E-state index in [1.165, 1.54) is 38.5 Å². The van der Waals surface area contributed by atoms with Crippen LogP contribution in [0.4, 0.5) is 0 Å². The Hall–Kier alpha value is -2.61. The average molecular weight is 342 g/mol. The number of aromatic nitrogens is 2. The lowest BCUT2D eigenvalue weighted by Gasteiger charge is -2.20. The Kier molecular flexibility index (Phi) is 3.87. The van der Waals surface area contributed by atoms with Crippen molar-refractivity contribution < 1.29 is 0 Å². The largest absolute Gasteiger partial charge is 0.323 e. The van der Waals surface area contributed by atoms with Crippen molar-refractivity contribution in [2.75, 3.05) is 0 Å². The molecule has 132 valence electrons. The second kappa shape index (κ2) is 5.98. The van der Waals surface area contributed by atoms with Gasteiger partial charge in [0.05, 0.1) is 5.69 Å². The van der Waals surface area contributed by atoms with Crippen LogP contribution in [0.1, 0.15) is 37.5 Å². The minimum absolute atomic E-state index is 0.259. The SMILES string of the molecule is Cc1cnc(-c2c(C)ccc3cn4cccc4cc23)cc1CC(C)(C)C. The molecule has 4 rings (SSSR count). The van der Waals surface area contributed by atoms with E-state index in [2.05, 4.69) is 87.8 Å². The van der Waals surface area contributed by atoms with Crippen LogP contribution in [0.5, 0.6) is 0 Å². The molecule has 26 heavy (non-hydrogen) atoms. The second-order valence-electron chi connectivity index (χ2n) is 8.61. The maximum Gasteiger partial charge on any atom is 0.0713 e. The second-order valence-corrected chi connectivity index (χ2v) is 8.61. The van der Waals surface area contributed by atoms with Gasteiger partial charge < -0.3 is 4.40 Å². The van der Waals surface area contributed by atoms with Crippen LogP contribution in [-0.2, 0) is 6.42 Å². The molecule has 0 fully saturated rings. The zero-order chi connectivity index (χ0) is 18.5. The van der Waals surface area contributed by atoms with Gasteiger partial charge in [0.15, 0.2) is 0 Å². The summed E-state index contributed by atoms with van der Waals surface area (Å²) in [6.45, 7) is 11.2. The summed E-state index contributed by atoms with van der Waals surface area (Å²) >= 11 is 0. The summed E-state index contributed by atoms with van der Waals surface area (Å²) in [6.07, 6.45) is 7.39. The number of pyridine rings is 2. The van der Waals surface area contributed by atoms with Crippen molar-refractivity contribution in [3.63, 3.8) is 0 Å². The summed E-state index contributed by atoms with van der Waals surface area (Å²) < 4.78 is 2.18. The smallest absolute Gasteiger partial charge is 0.0713 e. The molecule has 1 aromatic carbocycles. The van der Waals surface area contributed by atoms with E-state index in [1.54, 1.807) is 0 Å². The monoisotopic (exact) mass is 342 g/mol. The molecular formula is C24H26N2. The van der Waals surface area contributed by atoms with Gasteiger partial charge in [0.2, 0.25) is 0 Å². The molecular weight excluding hydrogens is 316 g/mol. The van der Waals surface area contributed by atoms with Crippen LogP contribution in [0.2, 0.25) is 0 Å². The number of rotatable bonds is 2. The third-order valence-electron chi connectivity index (χ3n) is 5.06. The van der Waals surface area contributed by atoms with Crippen molar-refractivity contribution in [2.45, 2.75) is 41.0 Å². The number of hydrogen-bond donors (Lipinski definition) is 0. The zero-order valence-corrected chi connectivity index (χ0v) is 16.3. The van der Waals surface area contributed by atoms with Gasteiger partial charge in [-0.05, 0) is 77.4 Å². The summed E-state index contributed by atoms with van der Waals surface area (Å²) in [5, 5.41) is 2.52. The first-order valence-corrected chi connectivity index (χ1v) is 9.28. The molecule has 0 spiro atoms. The lowest BCUT2D eigenvalue weighted by Crippen LogP contribution is -2.10. The quantitative estimate of drug-likeness (QED) is 0.414. The van der Waals surface area contributed by atoms with E-state index < -0.39 is 0 Å². The molecule has 0 aliphatic carbocycles. The number of aryl methyl sites for hydroxylation is 2. The fourth-order valence-corrected chi connectivity index (χ4v) is 3.76. The van der Waals surface area contributed by atoms with Crippen LogP contribution in [-0.4, -0.2) is 9.38 Å². The van der Waals surface area contributed by atoms with Crippen molar-refractivity contribution >= 4 is 16.3 Å². The van der Waals surface area contributed by atoms with E-state index in [-0.39, 0.29) is 5.41 Å². The van der Waals surface area contributed by atoms with Crippen LogP contribution < -0.4 is 0 Å². The van der Waals surface area contributed by atoms with Gasteiger partial charge >= 0.3 is 0 Å². The van der Waals surface area contributed by atoms with Crippen LogP contribution in [0.15, 0.2) is 55.0 Å². The molecule has 0 N–H and O–H groups in total. The number of benzene rings is 1. The lowest BCUT2D eigenvalue weighted by molar-refractivity contribution is 0.410. The molecule has 3 heterocycles. The van der Waals surface area contributed by atoms with E-state index in [0.717, 1.165) is 12.1 Å². The Morgan fingerprint density at radius 3 is 2.58 bits per heavy atom. The highest BCUT2D eigenvalue weighted by atomic mass is 14.8. The van der Waals surface area contributed by atoms with E-state index >= 15 is 0 Å². The van der Waals surface area contributed by atoms with Crippen LogP contribution in [0, 0.1) is 19.3 Å². The average Bonchev–Trinajstić information content (AvgIpc) is 3.01. The maximum absolute atomic E-state index is 4.81. The molecule has 0 atom stereocenters. The van der Waals surface area contributed by atoms with Crippen molar-refractivity contribution in [2.24, 2.45) is 5.41 Å². The summed E-state index contributed by atoms with van der Waals surface area (Å²) in [5.74, 6) is 0. The van der Waals surface area contributed by atoms with Gasteiger partial charge in [-0.15, -0.1) is 0 Å². The molecule has 0 aliphatic rings. The molecule has 0 bridgehead atoms. The van der Waals surface area contributed by atoms with Crippen molar-refractivity contribution in [3.8, 4) is 11.3 Å². The van der Waals surface area contributed by atoms with E-state index in [4.69, 9.17) is 4.98 Å². The fourth-order valence-electron chi connectivity index (χ4n) is 3.76. The van der Waals surface area contributed by atoms with Crippen LogP contribution in [0.25, 0.3) is 27.5 Å². The van der Waals surface area contributed by atoms with E-state index in [1.807, 2.05) is 6.20 Å². The molecule has 2 nitrogen and oxygen atoms in total. The molecule has 0 amide bonds. The summed E-state index contributed by atoms with van der Waals surface area (Å²) in [5.41, 5.74) is 7.74. The Morgan fingerprint density at radius 2 is 1.81 bits per heavy atom. The van der Waals surface area contributed by atoms with Gasteiger partial charge in [0, 0.05) is 29.7 Å². The summed E-state index contributed by atoms with van der Waals surface area (Å²) in [7, 11) is 0. The normalized spacial score (nSPS) is 12.2. The van der Waals surface area contributed by atoms with Crippen LogP contribution >= 0.6 is 0 Å². The van der Waals surface area contributed by atoms with Gasteiger partial charge in [-0.1, -0.05) is 32.9 Å². The minimum Gasteiger partial charge on any atom is -0.323 e. The third-order valence-corrected chi connectivity index (χ3v) is 5.06. The highest BCUT2D eigenvalue weighted by molar-refractivity contribution is 5.99. The topological polar surface area (TPSA) is 17.3 Å². The molecule has 2 heteroatoms. The summed E-state index contributed by atoms with van der Waals surface area (Å²) in [4.78, 5) is 4.81. The first kappa shape index (κ1) is 16.8. The molecule has 3 aromatic heterocycles. The highest BCUT2D eigenvalue weighted by Crippen LogP contribution is 2.33. The molecule has 0 saturated heterocycles.